The lowest BCUT2D eigenvalue weighted by molar-refractivity contribution is -0.138. The Morgan fingerprint density at radius 1 is 1.38 bits per heavy atom. The number of rotatable bonds is 3. The van der Waals surface area contributed by atoms with Crippen molar-refractivity contribution in [2.45, 2.75) is 0 Å². The molecule has 82 valence electrons. The molecule has 1 N–H and O–H groups in total. The summed E-state index contributed by atoms with van der Waals surface area (Å²) in [5, 5.41) is 5.03. The number of hydrogen-bond acceptors (Lipinski definition) is 4. The Bertz CT molecular complexity index is 506. The van der Waals surface area contributed by atoms with E-state index < -0.39 is 0 Å². The predicted molar refractivity (Wildman–Crippen MR) is 62.2 cm³/mol. The second-order valence-electron chi connectivity index (χ2n) is 3.31. The minimum Gasteiger partial charge on any atom is -0.468 e. The van der Waals surface area contributed by atoms with E-state index in [1.54, 1.807) is 6.20 Å². The van der Waals surface area contributed by atoms with Crippen LogP contribution in [0.5, 0.6) is 0 Å². The number of benzene rings is 1. The number of fused-ring (bicyclic) bond motifs is 1. The summed E-state index contributed by atoms with van der Waals surface area (Å²) < 4.78 is 4.55. The number of nitrogens with zero attached hydrogens (tertiary/aromatic N) is 1. The summed E-state index contributed by atoms with van der Waals surface area (Å²) in [6, 6.07) is 9.79. The number of methoxy groups -OCH3 is 1. The summed E-state index contributed by atoms with van der Waals surface area (Å²) in [4.78, 5) is 15.2. The number of carbonyl (C=O) groups is 1. The molecule has 2 aromatic rings. The van der Waals surface area contributed by atoms with Crippen LogP contribution in [0.4, 0.5) is 5.82 Å². The van der Waals surface area contributed by atoms with Gasteiger partial charge in [-0.3, -0.25) is 4.79 Å². The van der Waals surface area contributed by atoms with Crippen LogP contribution in [0.25, 0.3) is 10.8 Å². The van der Waals surface area contributed by atoms with Crippen molar-refractivity contribution in [2.24, 2.45) is 0 Å². The third-order valence-electron chi connectivity index (χ3n) is 2.30. The van der Waals surface area contributed by atoms with Gasteiger partial charge in [0.15, 0.2) is 0 Å². The van der Waals surface area contributed by atoms with Crippen molar-refractivity contribution in [1.29, 1.82) is 0 Å². The maximum atomic E-state index is 11.0. The third kappa shape index (κ3) is 2.11. The molecule has 1 heterocycles. The number of nitrogens with one attached hydrogen (secondary N) is 1. The predicted octanol–water partition coefficient (Wildman–Crippen LogP) is 1.82. The molecule has 0 unspecified atom stereocenters. The Balaban J connectivity index is 2.27. The molecule has 0 fully saturated rings. The molecule has 0 saturated heterocycles. The van der Waals surface area contributed by atoms with E-state index in [-0.39, 0.29) is 12.5 Å². The van der Waals surface area contributed by atoms with Crippen molar-refractivity contribution in [2.75, 3.05) is 19.0 Å². The zero-order valence-corrected chi connectivity index (χ0v) is 8.93. The number of aromatic nitrogens is 1. The second kappa shape index (κ2) is 4.61. The Labute approximate surface area is 93.3 Å². The van der Waals surface area contributed by atoms with E-state index in [0.717, 1.165) is 10.8 Å². The Morgan fingerprint density at radius 3 is 3.00 bits per heavy atom. The normalized spacial score (nSPS) is 10.1. The SMILES string of the molecule is COC(=O)CNc1nccc2ccccc12. The highest BCUT2D eigenvalue weighted by molar-refractivity contribution is 5.92. The molecule has 16 heavy (non-hydrogen) atoms. The van der Waals surface area contributed by atoms with Gasteiger partial charge in [0.25, 0.3) is 0 Å². The minimum absolute atomic E-state index is 0.123. The Hall–Kier alpha value is -2.10. The first-order valence-electron chi connectivity index (χ1n) is 4.95. The van der Waals surface area contributed by atoms with Crippen molar-refractivity contribution in [1.82, 2.24) is 4.98 Å². The fraction of sp³-hybridized carbons (Fsp3) is 0.167. The lowest BCUT2D eigenvalue weighted by Crippen LogP contribution is -2.15. The van der Waals surface area contributed by atoms with Gasteiger partial charge < -0.3 is 10.1 Å². The van der Waals surface area contributed by atoms with Crippen molar-refractivity contribution >= 4 is 22.6 Å². The van der Waals surface area contributed by atoms with Crippen LogP contribution in [0.3, 0.4) is 0 Å². The van der Waals surface area contributed by atoms with E-state index in [1.165, 1.54) is 7.11 Å². The van der Waals surface area contributed by atoms with Gasteiger partial charge in [0, 0.05) is 11.6 Å². The van der Waals surface area contributed by atoms with E-state index >= 15 is 0 Å². The van der Waals surface area contributed by atoms with E-state index in [4.69, 9.17) is 0 Å². The van der Waals surface area contributed by atoms with E-state index in [0.29, 0.717) is 5.82 Å². The van der Waals surface area contributed by atoms with Crippen LogP contribution in [0.2, 0.25) is 0 Å². The van der Waals surface area contributed by atoms with Gasteiger partial charge in [0.1, 0.15) is 12.4 Å². The molecule has 0 saturated carbocycles. The first-order chi connectivity index (χ1) is 7.81. The van der Waals surface area contributed by atoms with Gasteiger partial charge in [-0.2, -0.15) is 0 Å². The van der Waals surface area contributed by atoms with Gasteiger partial charge in [-0.25, -0.2) is 4.98 Å². The van der Waals surface area contributed by atoms with Crippen LogP contribution < -0.4 is 5.32 Å². The molecule has 4 heteroatoms. The Morgan fingerprint density at radius 2 is 2.19 bits per heavy atom. The quantitative estimate of drug-likeness (QED) is 0.795. The van der Waals surface area contributed by atoms with Crippen LogP contribution in [0.1, 0.15) is 0 Å². The average molecular weight is 216 g/mol. The standard InChI is InChI=1S/C12H12N2O2/c1-16-11(15)8-14-12-10-5-3-2-4-9(10)6-7-13-12/h2-7H,8H2,1H3,(H,13,14). The zero-order chi connectivity index (χ0) is 11.4. The number of carbonyl (C=O) groups excluding carboxylic acids is 1. The molecule has 1 aromatic heterocycles. The van der Waals surface area contributed by atoms with E-state index in [1.807, 2.05) is 30.3 Å². The van der Waals surface area contributed by atoms with Gasteiger partial charge in [-0.05, 0) is 11.5 Å². The summed E-state index contributed by atoms with van der Waals surface area (Å²) in [6.07, 6.45) is 1.71. The maximum Gasteiger partial charge on any atom is 0.325 e. The zero-order valence-electron chi connectivity index (χ0n) is 8.93. The number of anilines is 1. The largest absolute Gasteiger partial charge is 0.468 e. The molecule has 0 spiro atoms. The second-order valence-corrected chi connectivity index (χ2v) is 3.31. The lowest BCUT2D eigenvalue weighted by atomic mass is 10.1. The van der Waals surface area contributed by atoms with Gasteiger partial charge in [-0.15, -0.1) is 0 Å². The third-order valence-corrected chi connectivity index (χ3v) is 2.30. The highest BCUT2D eigenvalue weighted by Crippen LogP contribution is 2.19. The fourth-order valence-corrected chi connectivity index (χ4v) is 1.49. The molecule has 2 rings (SSSR count). The van der Waals surface area contributed by atoms with Crippen molar-refractivity contribution < 1.29 is 9.53 Å². The number of hydrogen-bond donors (Lipinski definition) is 1. The molecule has 0 atom stereocenters. The molecule has 0 radical (unpaired) electrons. The van der Waals surface area contributed by atoms with Crippen LogP contribution in [-0.4, -0.2) is 24.6 Å². The molecular formula is C12H12N2O2. The number of esters is 1. The van der Waals surface area contributed by atoms with Crippen LogP contribution >= 0.6 is 0 Å². The topological polar surface area (TPSA) is 51.2 Å². The lowest BCUT2D eigenvalue weighted by Gasteiger charge is -2.07. The van der Waals surface area contributed by atoms with E-state index in [9.17, 15) is 4.79 Å². The molecule has 1 aromatic carbocycles. The summed E-state index contributed by atoms with van der Waals surface area (Å²) in [5.41, 5.74) is 0. The molecule has 0 bridgehead atoms. The molecule has 0 amide bonds. The first kappa shape index (κ1) is 10.4. The highest BCUT2D eigenvalue weighted by atomic mass is 16.5. The average Bonchev–Trinajstić information content (AvgIpc) is 2.35. The fourth-order valence-electron chi connectivity index (χ4n) is 1.49. The molecule has 0 aliphatic heterocycles. The van der Waals surface area contributed by atoms with E-state index in [2.05, 4.69) is 15.0 Å². The van der Waals surface area contributed by atoms with Gasteiger partial charge >= 0.3 is 5.97 Å². The molecule has 0 aliphatic rings. The van der Waals surface area contributed by atoms with Gasteiger partial charge in [0.05, 0.1) is 7.11 Å². The first-order valence-corrected chi connectivity index (χ1v) is 4.95. The van der Waals surface area contributed by atoms with Crippen molar-refractivity contribution in [3.63, 3.8) is 0 Å². The van der Waals surface area contributed by atoms with Crippen LogP contribution in [0, 0.1) is 0 Å². The number of pyridine rings is 1. The maximum absolute atomic E-state index is 11.0. The highest BCUT2D eigenvalue weighted by Gasteiger charge is 2.03. The summed E-state index contributed by atoms with van der Waals surface area (Å²) in [6.45, 7) is 0.123. The molecular weight excluding hydrogens is 204 g/mol. The molecule has 0 aliphatic carbocycles. The van der Waals surface area contributed by atoms with Crippen LogP contribution in [-0.2, 0) is 9.53 Å². The van der Waals surface area contributed by atoms with Crippen LogP contribution in [0.15, 0.2) is 36.5 Å². The van der Waals surface area contributed by atoms with Gasteiger partial charge in [-0.1, -0.05) is 24.3 Å². The monoisotopic (exact) mass is 216 g/mol. The molecule has 4 nitrogen and oxygen atoms in total. The number of ether oxygens (including phenoxy) is 1. The van der Waals surface area contributed by atoms with Gasteiger partial charge in [0.2, 0.25) is 0 Å². The Kier molecular flexibility index (Phi) is 3.00. The summed E-state index contributed by atoms with van der Waals surface area (Å²) in [5.74, 6) is 0.387. The smallest absolute Gasteiger partial charge is 0.325 e. The van der Waals surface area contributed by atoms with Crippen molar-refractivity contribution in [3.8, 4) is 0 Å². The summed E-state index contributed by atoms with van der Waals surface area (Å²) in [7, 11) is 1.36. The summed E-state index contributed by atoms with van der Waals surface area (Å²) >= 11 is 0. The minimum atomic E-state index is -0.310. The van der Waals surface area contributed by atoms with Crippen molar-refractivity contribution in [3.05, 3.63) is 36.5 Å².